The second-order valence-corrected chi connectivity index (χ2v) is 7.97. The minimum Gasteiger partial charge on any atom is -0.379 e. The molecule has 0 aromatic carbocycles. The van der Waals surface area contributed by atoms with Crippen LogP contribution in [0.4, 0.5) is 0 Å². The van der Waals surface area contributed by atoms with Gasteiger partial charge in [-0.05, 0) is 49.8 Å². The average Bonchev–Trinajstić information content (AvgIpc) is 3.23. The predicted octanol–water partition coefficient (Wildman–Crippen LogP) is 2.42. The van der Waals surface area contributed by atoms with Gasteiger partial charge in [0.2, 0.25) is 0 Å². The monoisotopic (exact) mass is 399 g/mol. The maximum atomic E-state index is 5.76. The second kappa shape index (κ2) is 8.59. The van der Waals surface area contributed by atoms with Crippen molar-refractivity contribution in [1.82, 2.24) is 24.7 Å². The first-order valence-corrected chi connectivity index (χ1v) is 10.5. The highest BCUT2D eigenvalue weighted by atomic mass is 32.1. The van der Waals surface area contributed by atoms with Gasteiger partial charge in [-0.1, -0.05) is 6.07 Å². The number of hydrogen-bond donors (Lipinski definition) is 1. The van der Waals surface area contributed by atoms with E-state index in [0.29, 0.717) is 0 Å². The molecule has 0 bridgehead atoms. The third-order valence-electron chi connectivity index (χ3n) is 5.89. The molecular weight excluding hydrogens is 370 g/mol. The number of nitrogens with zero attached hydrogens (tertiary/aromatic N) is 4. The molecule has 2 saturated heterocycles. The molecular formula is C21H29N5OS. The third kappa shape index (κ3) is 3.92. The molecule has 2 aromatic rings. The van der Waals surface area contributed by atoms with E-state index < -0.39 is 0 Å². The highest BCUT2D eigenvalue weighted by Gasteiger charge is 2.40. The van der Waals surface area contributed by atoms with Crippen LogP contribution >= 0.6 is 12.2 Å². The molecule has 0 saturated carbocycles. The molecule has 150 valence electrons. The van der Waals surface area contributed by atoms with Crippen LogP contribution in [0.3, 0.4) is 0 Å². The number of rotatable bonds is 6. The SMILES string of the molecule is Cc1ccc(C2C(c3ccccn3)NC(=S)N2CCCN2CCOCC2)n1C. The van der Waals surface area contributed by atoms with Crippen LogP contribution in [0.2, 0.25) is 0 Å². The van der Waals surface area contributed by atoms with Gasteiger partial charge in [0.25, 0.3) is 0 Å². The van der Waals surface area contributed by atoms with E-state index in [1.807, 2.05) is 18.3 Å². The van der Waals surface area contributed by atoms with Crippen molar-refractivity contribution >= 4 is 17.3 Å². The Morgan fingerprint density at radius 2 is 2.00 bits per heavy atom. The van der Waals surface area contributed by atoms with Crippen LogP contribution in [-0.2, 0) is 11.8 Å². The largest absolute Gasteiger partial charge is 0.379 e. The summed E-state index contributed by atoms with van der Waals surface area (Å²) in [5.74, 6) is 0. The summed E-state index contributed by atoms with van der Waals surface area (Å²) in [6.07, 6.45) is 2.94. The molecule has 2 unspecified atom stereocenters. The Bertz CT molecular complexity index is 802. The molecule has 6 nitrogen and oxygen atoms in total. The standard InChI is InChI=1S/C21H29N5OS/c1-16-7-8-18(24(16)2)20-19(17-6-3-4-9-22-17)23-21(28)26(20)11-5-10-25-12-14-27-15-13-25/h3-4,6-9,19-20H,5,10-15H2,1-2H3,(H,23,28). The molecule has 0 radical (unpaired) electrons. The number of morpholine rings is 1. The Morgan fingerprint density at radius 3 is 2.68 bits per heavy atom. The van der Waals surface area contributed by atoms with Crippen molar-refractivity contribution in [2.45, 2.75) is 25.4 Å². The molecule has 0 aliphatic carbocycles. The van der Waals surface area contributed by atoms with E-state index in [1.54, 1.807) is 0 Å². The Labute approximate surface area is 172 Å². The molecule has 1 N–H and O–H groups in total. The van der Waals surface area contributed by atoms with Gasteiger partial charge in [0.1, 0.15) is 0 Å². The molecule has 4 heterocycles. The zero-order valence-electron chi connectivity index (χ0n) is 16.7. The number of aryl methyl sites for hydroxylation is 1. The van der Waals surface area contributed by atoms with Gasteiger partial charge in [-0.3, -0.25) is 9.88 Å². The first-order chi connectivity index (χ1) is 13.6. The summed E-state index contributed by atoms with van der Waals surface area (Å²) in [6.45, 7) is 7.90. The van der Waals surface area contributed by atoms with E-state index in [2.05, 4.69) is 56.8 Å². The first-order valence-electron chi connectivity index (χ1n) is 10.1. The molecule has 2 fully saturated rings. The lowest BCUT2D eigenvalue weighted by molar-refractivity contribution is 0.0365. The van der Waals surface area contributed by atoms with Crippen molar-refractivity contribution in [3.05, 3.63) is 53.6 Å². The van der Waals surface area contributed by atoms with E-state index in [-0.39, 0.29) is 12.1 Å². The van der Waals surface area contributed by atoms with Crippen LogP contribution in [0.25, 0.3) is 0 Å². The maximum absolute atomic E-state index is 5.76. The first kappa shape index (κ1) is 19.4. The number of thiocarbonyl (C=S) groups is 1. The van der Waals surface area contributed by atoms with E-state index >= 15 is 0 Å². The zero-order valence-corrected chi connectivity index (χ0v) is 17.5. The minimum absolute atomic E-state index is 0.0603. The fourth-order valence-corrected chi connectivity index (χ4v) is 4.52. The summed E-state index contributed by atoms with van der Waals surface area (Å²) in [7, 11) is 2.13. The highest BCUT2D eigenvalue weighted by Crippen LogP contribution is 2.38. The Kier molecular flexibility index (Phi) is 5.94. The van der Waals surface area contributed by atoms with Gasteiger partial charge in [0.05, 0.1) is 31.0 Å². The Balaban J connectivity index is 1.54. The van der Waals surface area contributed by atoms with Gasteiger partial charge in [-0.2, -0.15) is 0 Å². The van der Waals surface area contributed by atoms with E-state index in [9.17, 15) is 0 Å². The molecule has 28 heavy (non-hydrogen) atoms. The second-order valence-electron chi connectivity index (χ2n) is 7.59. The van der Waals surface area contributed by atoms with E-state index in [0.717, 1.165) is 56.6 Å². The van der Waals surface area contributed by atoms with E-state index in [1.165, 1.54) is 11.4 Å². The Hall–Kier alpha value is -1.96. The molecule has 2 aliphatic heterocycles. The van der Waals surface area contributed by atoms with Crippen LogP contribution < -0.4 is 5.32 Å². The zero-order chi connectivity index (χ0) is 19.5. The third-order valence-corrected chi connectivity index (χ3v) is 6.24. The summed E-state index contributed by atoms with van der Waals surface area (Å²) >= 11 is 5.76. The highest BCUT2D eigenvalue weighted by molar-refractivity contribution is 7.80. The molecule has 2 aliphatic rings. The Morgan fingerprint density at radius 1 is 1.18 bits per heavy atom. The van der Waals surface area contributed by atoms with Gasteiger partial charge < -0.3 is 19.5 Å². The van der Waals surface area contributed by atoms with Crippen LogP contribution in [0.15, 0.2) is 36.5 Å². The minimum atomic E-state index is 0.0603. The normalized spacial score (nSPS) is 23.2. The fraction of sp³-hybridized carbons (Fsp3) is 0.524. The van der Waals surface area contributed by atoms with Crippen molar-refractivity contribution in [2.75, 3.05) is 39.4 Å². The number of aromatic nitrogens is 2. The number of pyridine rings is 1. The van der Waals surface area contributed by atoms with Crippen LogP contribution in [0.1, 0.15) is 35.6 Å². The molecule has 7 heteroatoms. The molecule has 4 rings (SSSR count). The summed E-state index contributed by atoms with van der Waals surface area (Å²) in [6, 6.07) is 10.7. The summed E-state index contributed by atoms with van der Waals surface area (Å²) in [4.78, 5) is 9.45. The van der Waals surface area contributed by atoms with Gasteiger partial charge in [0.15, 0.2) is 5.11 Å². The molecule has 0 spiro atoms. The van der Waals surface area contributed by atoms with Gasteiger partial charge in [-0.15, -0.1) is 0 Å². The molecule has 0 amide bonds. The molecule has 2 aromatic heterocycles. The van der Waals surface area contributed by atoms with Crippen molar-refractivity contribution in [1.29, 1.82) is 0 Å². The maximum Gasteiger partial charge on any atom is 0.170 e. The van der Waals surface area contributed by atoms with Crippen LogP contribution in [0.5, 0.6) is 0 Å². The lowest BCUT2D eigenvalue weighted by Crippen LogP contribution is -2.39. The summed E-state index contributed by atoms with van der Waals surface area (Å²) in [5, 5.41) is 4.36. The van der Waals surface area contributed by atoms with Crippen molar-refractivity contribution in [2.24, 2.45) is 7.05 Å². The quantitative estimate of drug-likeness (QED) is 0.753. The topological polar surface area (TPSA) is 45.6 Å². The van der Waals surface area contributed by atoms with Gasteiger partial charge >= 0.3 is 0 Å². The fourth-order valence-electron chi connectivity index (χ4n) is 4.19. The van der Waals surface area contributed by atoms with Crippen molar-refractivity contribution in [3.63, 3.8) is 0 Å². The predicted molar refractivity (Wildman–Crippen MR) is 114 cm³/mol. The van der Waals surface area contributed by atoms with Gasteiger partial charge in [0, 0.05) is 50.8 Å². The number of nitrogens with one attached hydrogen (secondary N) is 1. The van der Waals surface area contributed by atoms with Gasteiger partial charge in [-0.25, -0.2) is 0 Å². The molecule has 2 atom stereocenters. The van der Waals surface area contributed by atoms with Crippen LogP contribution in [-0.4, -0.2) is 63.9 Å². The average molecular weight is 400 g/mol. The summed E-state index contributed by atoms with van der Waals surface area (Å²) < 4.78 is 7.73. The van der Waals surface area contributed by atoms with Crippen LogP contribution in [0, 0.1) is 6.92 Å². The van der Waals surface area contributed by atoms with E-state index in [4.69, 9.17) is 17.0 Å². The number of hydrogen-bond acceptors (Lipinski definition) is 4. The lowest BCUT2D eigenvalue weighted by Gasteiger charge is -2.30. The van der Waals surface area contributed by atoms with Crippen molar-refractivity contribution in [3.8, 4) is 0 Å². The lowest BCUT2D eigenvalue weighted by atomic mass is 10.0. The summed E-state index contributed by atoms with van der Waals surface area (Å²) in [5.41, 5.74) is 3.55. The number of ether oxygens (including phenoxy) is 1. The van der Waals surface area contributed by atoms with Crippen molar-refractivity contribution < 1.29 is 4.74 Å². The smallest absolute Gasteiger partial charge is 0.170 e.